The van der Waals surface area contributed by atoms with Gasteiger partial charge in [0.1, 0.15) is 6.04 Å². The van der Waals surface area contributed by atoms with Crippen LogP contribution in [0.3, 0.4) is 0 Å². The molecule has 9 nitrogen and oxygen atoms in total. The average Bonchev–Trinajstić information content (AvgIpc) is 3.15. The summed E-state index contributed by atoms with van der Waals surface area (Å²) in [7, 11) is 1.64. The maximum atomic E-state index is 12.7. The van der Waals surface area contributed by atoms with E-state index in [1.165, 1.54) is 4.90 Å². The second-order valence-electron chi connectivity index (χ2n) is 6.58. The van der Waals surface area contributed by atoms with Crippen LogP contribution in [0.25, 0.3) is 0 Å². The molecule has 3 heterocycles. The molecule has 0 aliphatic carbocycles. The lowest BCUT2D eigenvalue weighted by atomic mass is 10.1. The SMILES string of the molecule is CN1C(=O)[C@@H](NC(=O)c2cn(Cc3ccccc3)nn2)CCc2nccnc21. The second-order valence-corrected chi connectivity index (χ2v) is 6.58. The van der Waals surface area contributed by atoms with Gasteiger partial charge in [0.2, 0.25) is 0 Å². The monoisotopic (exact) mass is 377 g/mol. The maximum Gasteiger partial charge on any atom is 0.274 e. The number of nitrogens with one attached hydrogen (secondary N) is 1. The van der Waals surface area contributed by atoms with E-state index in [-0.39, 0.29) is 11.6 Å². The Bertz CT molecular complexity index is 1000. The van der Waals surface area contributed by atoms with Crippen LogP contribution >= 0.6 is 0 Å². The lowest BCUT2D eigenvalue weighted by molar-refractivity contribution is -0.120. The largest absolute Gasteiger partial charge is 0.339 e. The van der Waals surface area contributed by atoms with Gasteiger partial charge in [0, 0.05) is 19.4 Å². The molecule has 3 aromatic rings. The van der Waals surface area contributed by atoms with Gasteiger partial charge < -0.3 is 5.32 Å². The van der Waals surface area contributed by atoms with Gasteiger partial charge in [-0.05, 0) is 18.4 Å². The lowest BCUT2D eigenvalue weighted by Gasteiger charge is -2.20. The molecule has 2 aromatic heterocycles. The third kappa shape index (κ3) is 3.59. The van der Waals surface area contributed by atoms with E-state index in [4.69, 9.17) is 0 Å². The van der Waals surface area contributed by atoms with Gasteiger partial charge in [0.15, 0.2) is 11.5 Å². The van der Waals surface area contributed by atoms with Crippen LogP contribution in [0.2, 0.25) is 0 Å². The first kappa shape index (κ1) is 17.8. The van der Waals surface area contributed by atoms with Gasteiger partial charge in [-0.3, -0.25) is 19.5 Å². The number of fused-ring (bicyclic) bond motifs is 1. The van der Waals surface area contributed by atoms with Crippen LogP contribution in [0, 0.1) is 0 Å². The number of likely N-dealkylation sites (N-methyl/N-ethyl adjacent to an activating group) is 1. The molecule has 0 bridgehead atoms. The molecule has 1 atom stereocenters. The minimum absolute atomic E-state index is 0.171. The summed E-state index contributed by atoms with van der Waals surface area (Å²) in [5, 5.41) is 10.7. The van der Waals surface area contributed by atoms with Crippen LogP contribution < -0.4 is 10.2 Å². The minimum Gasteiger partial charge on any atom is -0.339 e. The van der Waals surface area contributed by atoms with Crippen LogP contribution in [0.5, 0.6) is 0 Å². The van der Waals surface area contributed by atoms with Crippen LogP contribution in [0.4, 0.5) is 5.82 Å². The Morgan fingerprint density at radius 1 is 1.21 bits per heavy atom. The molecule has 0 spiro atoms. The van der Waals surface area contributed by atoms with Gasteiger partial charge in [-0.1, -0.05) is 35.5 Å². The first-order valence-corrected chi connectivity index (χ1v) is 8.94. The molecule has 1 aliphatic rings. The van der Waals surface area contributed by atoms with Crippen molar-refractivity contribution in [1.82, 2.24) is 30.3 Å². The molecule has 142 valence electrons. The number of rotatable bonds is 4. The van der Waals surface area contributed by atoms with E-state index < -0.39 is 11.9 Å². The van der Waals surface area contributed by atoms with Crippen molar-refractivity contribution < 1.29 is 9.59 Å². The molecular formula is C19H19N7O2. The summed E-state index contributed by atoms with van der Waals surface area (Å²) in [5.74, 6) is -0.139. The van der Waals surface area contributed by atoms with Gasteiger partial charge >= 0.3 is 0 Å². The van der Waals surface area contributed by atoms with Crippen LogP contribution in [0.1, 0.15) is 28.2 Å². The van der Waals surface area contributed by atoms with Crippen molar-refractivity contribution in [2.75, 3.05) is 11.9 Å². The van der Waals surface area contributed by atoms with Gasteiger partial charge in [-0.25, -0.2) is 9.67 Å². The van der Waals surface area contributed by atoms with Gasteiger partial charge in [0.05, 0.1) is 18.4 Å². The molecule has 0 fully saturated rings. The maximum absolute atomic E-state index is 12.7. The molecule has 0 saturated carbocycles. The topological polar surface area (TPSA) is 106 Å². The van der Waals surface area contributed by atoms with Crippen molar-refractivity contribution in [3.05, 3.63) is 65.9 Å². The number of aryl methyl sites for hydroxylation is 1. The minimum atomic E-state index is -0.673. The van der Waals surface area contributed by atoms with E-state index in [1.807, 2.05) is 30.3 Å². The Balaban J connectivity index is 1.45. The first-order valence-electron chi connectivity index (χ1n) is 8.94. The number of carbonyl (C=O) groups excluding carboxylic acids is 2. The standard InChI is InChI=1S/C19H19N7O2/c1-25-17-14(20-9-10-21-17)7-8-15(19(25)28)22-18(27)16-12-26(24-23-16)11-13-5-3-2-4-6-13/h2-6,9-10,12,15H,7-8,11H2,1H3,(H,22,27)/t15-/m0/s1. The Kier molecular flexibility index (Phi) is 4.79. The highest BCUT2D eigenvalue weighted by Crippen LogP contribution is 2.21. The number of amides is 2. The Hall–Kier alpha value is -3.62. The van der Waals surface area contributed by atoms with Crippen LogP contribution in [0.15, 0.2) is 48.9 Å². The highest BCUT2D eigenvalue weighted by molar-refractivity contribution is 6.01. The fraction of sp³-hybridized carbons (Fsp3) is 0.263. The number of carbonyl (C=O) groups is 2. The fourth-order valence-electron chi connectivity index (χ4n) is 3.17. The summed E-state index contributed by atoms with van der Waals surface area (Å²) in [6.07, 6.45) is 5.71. The van der Waals surface area contributed by atoms with Crippen molar-refractivity contribution in [3.63, 3.8) is 0 Å². The second kappa shape index (κ2) is 7.55. The van der Waals surface area contributed by atoms with Crippen LogP contribution in [-0.2, 0) is 17.8 Å². The van der Waals surface area contributed by atoms with Gasteiger partial charge in [-0.2, -0.15) is 0 Å². The molecule has 9 heteroatoms. The third-order valence-electron chi connectivity index (χ3n) is 4.63. The summed E-state index contributed by atoms with van der Waals surface area (Å²) < 4.78 is 1.59. The normalized spacial score (nSPS) is 16.4. The summed E-state index contributed by atoms with van der Waals surface area (Å²) in [6, 6.07) is 9.09. The van der Waals surface area contributed by atoms with E-state index in [0.717, 1.165) is 11.3 Å². The molecular weight excluding hydrogens is 358 g/mol. The molecule has 2 amide bonds. The molecule has 28 heavy (non-hydrogen) atoms. The molecule has 0 radical (unpaired) electrons. The zero-order valence-corrected chi connectivity index (χ0v) is 15.3. The van der Waals surface area contributed by atoms with Crippen molar-refractivity contribution in [1.29, 1.82) is 0 Å². The van der Waals surface area contributed by atoms with E-state index in [1.54, 1.807) is 30.3 Å². The van der Waals surface area contributed by atoms with Crippen molar-refractivity contribution in [2.24, 2.45) is 0 Å². The molecule has 1 aliphatic heterocycles. The number of anilines is 1. The van der Waals surface area contributed by atoms with E-state index >= 15 is 0 Å². The highest BCUT2D eigenvalue weighted by Gasteiger charge is 2.31. The predicted molar refractivity (Wildman–Crippen MR) is 101 cm³/mol. The predicted octanol–water partition coefficient (Wildman–Crippen LogP) is 0.824. The van der Waals surface area contributed by atoms with Crippen molar-refractivity contribution in [3.8, 4) is 0 Å². The molecule has 0 unspecified atom stereocenters. The lowest BCUT2D eigenvalue weighted by Crippen LogP contribution is -2.47. The Labute approximate surface area is 161 Å². The van der Waals surface area contributed by atoms with E-state index in [9.17, 15) is 9.59 Å². The Morgan fingerprint density at radius 3 is 2.82 bits per heavy atom. The zero-order chi connectivity index (χ0) is 19.5. The van der Waals surface area contributed by atoms with E-state index in [0.29, 0.717) is 25.2 Å². The first-order chi connectivity index (χ1) is 13.6. The quantitative estimate of drug-likeness (QED) is 0.722. The fourth-order valence-corrected chi connectivity index (χ4v) is 3.17. The number of hydrogen-bond donors (Lipinski definition) is 1. The molecule has 1 aromatic carbocycles. The van der Waals surface area contributed by atoms with Crippen molar-refractivity contribution >= 4 is 17.6 Å². The summed E-state index contributed by atoms with van der Waals surface area (Å²) in [4.78, 5) is 35.3. The van der Waals surface area contributed by atoms with E-state index in [2.05, 4.69) is 25.6 Å². The smallest absolute Gasteiger partial charge is 0.274 e. The van der Waals surface area contributed by atoms with Gasteiger partial charge in [0.25, 0.3) is 11.8 Å². The van der Waals surface area contributed by atoms with Crippen molar-refractivity contribution in [2.45, 2.75) is 25.4 Å². The number of nitrogens with zero attached hydrogens (tertiary/aromatic N) is 6. The Morgan fingerprint density at radius 2 is 2.00 bits per heavy atom. The molecule has 4 rings (SSSR count). The summed E-state index contributed by atoms with van der Waals surface area (Å²) >= 11 is 0. The molecule has 0 saturated heterocycles. The van der Waals surface area contributed by atoms with Gasteiger partial charge in [-0.15, -0.1) is 5.10 Å². The number of hydrogen-bond acceptors (Lipinski definition) is 6. The number of benzene rings is 1. The number of aromatic nitrogens is 5. The van der Waals surface area contributed by atoms with Crippen LogP contribution in [-0.4, -0.2) is 49.9 Å². The summed E-state index contributed by atoms with van der Waals surface area (Å²) in [6.45, 7) is 0.513. The molecule has 1 N–H and O–H groups in total. The highest BCUT2D eigenvalue weighted by atomic mass is 16.2. The zero-order valence-electron chi connectivity index (χ0n) is 15.3. The summed E-state index contributed by atoms with van der Waals surface area (Å²) in [5.41, 5.74) is 1.96. The average molecular weight is 377 g/mol. The third-order valence-corrected chi connectivity index (χ3v) is 4.63.